The van der Waals surface area contributed by atoms with E-state index in [0.29, 0.717) is 6.04 Å². The highest BCUT2D eigenvalue weighted by atomic mass is 32.2. The van der Waals surface area contributed by atoms with Gasteiger partial charge in [0.05, 0.1) is 13.2 Å². The second kappa shape index (κ2) is 5.35. The summed E-state index contributed by atoms with van der Waals surface area (Å²) in [6.45, 7) is 4.71. The standard InChI is InChI=1S/C10H20N2OS/c11-8-9(10-2-1-7-14-10)12-3-5-13-6-4-12/h9-10H,1-8,11H2. The Hall–Kier alpha value is 0.230. The molecule has 2 heterocycles. The van der Waals surface area contributed by atoms with Crippen LogP contribution in [0, 0.1) is 0 Å². The summed E-state index contributed by atoms with van der Waals surface area (Å²) in [4.78, 5) is 2.52. The molecule has 14 heavy (non-hydrogen) atoms. The predicted octanol–water partition coefficient (Wildman–Crippen LogP) is 0.541. The first-order valence-corrected chi connectivity index (χ1v) is 6.60. The van der Waals surface area contributed by atoms with Crippen LogP contribution in [0.25, 0.3) is 0 Å². The Labute approximate surface area is 90.3 Å². The van der Waals surface area contributed by atoms with E-state index in [1.54, 1.807) is 0 Å². The van der Waals surface area contributed by atoms with Crippen molar-refractivity contribution >= 4 is 11.8 Å². The minimum Gasteiger partial charge on any atom is -0.379 e. The molecule has 2 N–H and O–H groups in total. The molecule has 0 aromatic heterocycles. The molecule has 3 nitrogen and oxygen atoms in total. The maximum absolute atomic E-state index is 5.89. The van der Waals surface area contributed by atoms with E-state index in [9.17, 15) is 0 Å². The summed E-state index contributed by atoms with van der Waals surface area (Å²) in [5, 5.41) is 0.776. The molecule has 0 aliphatic carbocycles. The van der Waals surface area contributed by atoms with Crippen LogP contribution in [-0.2, 0) is 4.74 Å². The van der Waals surface area contributed by atoms with Crippen LogP contribution in [0.15, 0.2) is 0 Å². The largest absolute Gasteiger partial charge is 0.379 e. The van der Waals surface area contributed by atoms with Gasteiger partial charge in [0.1, 0.15) is 0 Å². The topological polar surface area (TPSA) is 38.5 Å². The predicted molar refractivity (Wildman–Crippen MR) is 60.7 cm³/mol. The lowest BCUT2D eigenvalue weighted by Gasteiger charge is -2.36. The fourth-order valence-electron chi connectivity index (χ4n) is 2.35. The Morgan fingerprint density at radius 2 is 2.21 bits per heavy atom. The van der Waals surface area contributed by atoms with Gasteiger partial charge in [-0.1, -0.05) is 0 Å². The molecule has 2 atom stereocenters. The number of morpholine rings is 1. The molecule has 2 unspecified atom stereocenters. The van der Waals surface area contributed by atoms with Crippen molar-refractivity contribution in [1.82, 2.24) is 4.90 Å². The van der Waals surface area contributed by atoms with Crippen LogP contribution in [0.1, 0.15) is 12.8 Å². The summed E-state index contributed by atoms with van der Waals surface area (Å²) in [5.74, 6) is 1.32. The number of nitrogens with zero attached hydrogens (tertiary/aromatic N) is 1. The second-order valence-corrected chi connectivity index (χ2v) is 5.35. The number of thioether (sulfide) groups is 1. The fourth-order valence-corrected chi connectivity index (χ4v) is 3.83. The lowest BCUT2D eigenvalue weighted by Crippen LogP contribution is -2.51. The van der Waals surface area contributed by atoms with Crippen molar-refractivity contribution in [3.05, 3.63) is 0 Å². The smallest absolute Gasteiger partial charge is 0.0594 e. The summed E-state index contributed by atoms with van der Waals surface area (Å²) in [6, 6.07) is 0.589. The maximum Gasteiger partial charge on any atom is 0.0594 e. The van der Waals surface area contributed by atoms with Crippen LogP contribution in [0.3, 0.4) is 0 Å². The monoisotopic (exact) mass is 216 g/mol. The highest BCUT2D eigenvalue weighted by Crippen LogP contribution is 2.30. The third-order valence-corrected chi connectivity index (χ3v) is 4.65. The highest BCUT2D eigenvalue weighted by molar-refractivity contribution is 8.00. The zero-order valence-corrected chi connectivity index (χ0v) is 9.47. The zero-order chi connectivity index (χ0) is 9.80. The van der Waals surface area contributed by atoms with E-state index >= 15 is 0 Å². The van der Waals surface area contributed by atoms with Crippen molar-refractivity contribution in [3.8, 4) is 0 Å². The minimum atomic E-state index is 0.589. The van der Waals surface area contributed by atoms with Gasteiger partial charge in [0, 0.05) is 30.9 Å². The normalized spacial score (nSPS) is 31.9. The minimum absolute atomic E-state index is 0.589. The van der Waals surface area contributed by atoms with Crippen molar-refractivity contribution < 1.29 is 4.74 Å². The quantitative estimate of drug-likeness (QED) is 0.747. The summed E-state index contributed by atoms with van der Waals surface area (Å²) in [6.07, 6.45) is 2.72. The van der Waals surface area contributed by atoms with Crippen molar-refractivity contribution in [2.24, 2.45) is 5.73 Å². The second-order valence-electron chi connectivity index (χ2n) is 4.00. The average Bonchev–Trinajstić information content (AvgIpc) is 2.74. The van der Waals surface area contributed by atoms with Crippen LogP contribution in [0.4, 0.5) is 0 Å². The van der Waals surface area contributed by atoms with Crippen molar-refractivity contribution in [2.75, 3.05) is 38.6 Å². The molecule has 82 valence electrons. The first-order valence-electron chi connectivity index (χ1n) is 5.55. The fraction of sp³-hybridized carbons (Fsp3) is 1.00. The molecule has 2 rings (SSSR count). The molecule has 0 aromatic carbocycles. The lowest BCUT2D eigenvalue weighted by molar-refractivity contribution is 0.0178. The summed E-state index contributed by atoms with van der Waals surface area (Å²) in [7, 11) is 0. The number of nitrogens with two attached hydrogens (primary N) is 1. The first kappa shape index (κ1) is 10.7. The SMILES string of the molecule is NCC(C1CCCS1)N1CCOCC1. The van der Waals surface area contributed by atoms with Crippen molar-refractivity contribution in [2.45, 2.75) is 24.1 Å². The van der Waals surface area contributed by atoms with Gasteiger partial charge >= 0.3 is 0 Å². The van der Waals surface area contributed by atoms with E-state index in [1.165, 1.54) is 18.6 Å². The van der Waals surface area contributed by atoms with E-state index < -0.39 is 0 Å². The molecule has 0 spiro atoms. The van der Waals surface area contributed by atoms with Gasteiger partial charge in [0.15, 0.2) is 0 Å². The number of rotatable bonds is 3. The zero-order valence-electron chi connectivity index (χ0n) is 8.65. The highest BCUT2D eigenvalue weighted by Gasteiger charge is 2.30. The summed E-state index contributed by atoms with van der Waals surface area (Å²) < 4.78 is 5.37. The third kappa shape index (κ3) is 2.42. The molecular weight excluding hydrogens is 196 g/mol. The van der Waals surface area contributed by atoms with Crippen LogP contribution < -0.4 is 5.73 Å². The summed E-state index contributed by atoms with van der Waals surface area (Å²) >= 11 is 2.11. The van der Waals surface area contributed by atoms with Gasteiger partial charge in [-0.15, -0.1) is 0 Å². The molecule has 4 heteroatoms. The van der Waals surface area contributed by atoms with Crippen molar-refractivity contribution in [3.63, 3.8) is 0 Å². The van der Waals surface area contributed by atoms with Gasteiger partial charge < -0.3 is 10.5 Å². The van der Waals surface area contributed by atoms with Gasteiger partial charge in [-0.3, -0.25) is 4.90 Å². The Balaban J connectivity index is 1.89. The van der Waals surface area contributed by atoms with Gasteiger partial charge in [0.25, 0.3) is 0 Å². The van der Waals surface area contributed by atoms with E-state index in [1.807, 2.05) is 0 Å². The van der Waals surface area contributed by atoms with Gasteiger partial charge in [-0.2, -0.15) is 11.8 Å². The Kier molecular flexibility index (Phi) is 4.10. The molecule has 0 amide bonds. The first-order chi connectivity index (χ1) is 6.92. The number of hydrogen-bond donors (Lipinski definition) is 1. The average molecular weight is 216 g/mol. The molecule has 0 aromatic rings. The number of hydrogen-bond acceptors (Lipinski definition) is 4. The van der Waals surface area contributed by atoms with Crippen molar-refractivity contribution in [1.29, 1.82) is 0 Å². The van der Waals surface area contributed by atoms with Crippen LogP contribution >= 0.6 is 11.8 Å². The van der Waals surface area contributed by atoms with Crippen LogP contribution in [-0.4, -0.2) is 54.8 Å². The van der Waals surface area contributed by atoms with E-state index in [4.69, 9.17) is 10.5 Å². The molecular formula is C10H20N2OS. The van der Waals surface area contributed by atoms with E-state index in [-0.39, 0.29) is 0 Å². The van der Waals surface area contributed by atoms with Gasteiger partial charge in [-0.05, 0) is 18.6 Å². The molecule has 2 aliphatic rings. The molecule has 2 fully saturated rings. The summed E-state index contributed by atoms with van der Waals surface area (Å²) in [5.41, 5.74) is 5.89. The van der Waals surface area contributed by atoms with Gasteiger partial charge in [0.2, 0.25) is 0 Å². The molecule has 0 radical (unpaired) electrons. The molecule has 0 saturated carbocycles. The maximum atomic E-state index is 5.89. The molecule has 2 saturated heterocycles. The Morgan fingerprint density at radius 3 is 2.79 bits per heavy atom. The Morgan fingerprint density at radius 1 is 1.43 bits per heavy atom. The third-order valence-electron chi connectivity index (χ3n) is 3.15. The molecule has 2 aliphatic heterocycles. The lowest BCUT2D eigenvalue weighted by atomic mass is 10.1. The van der Waals surface area contributed by atoms with E-state index in [2.05, 4.69) is 16.7 Å². The number of ether oxygens (including phenoxy) is 1. The van der Waals surface area contributed by atoms with E-state index in [0.717, 1.165) is 38.1 Å². The van der Waals surface area contributed by atoms with Crippen LogP contribution in [0.2, 0.25) is 0 Å². The Bertz CT molecular complexity index is 168. The van der Waals surface area contributed by atoms with Gasteiger partial charge in [-0.25, -0.2) is 0 Å². The molecule has 0 bridgehead atoms. The van der Waals surface area contributed by atoms with Crippen LogP contribution in [0.5, 0.6) is 0 Å².